The smallest absolute Gasteiger partial charge is 0.191 e. The zero-order valence-corrected chi connectivity index (χ0v) is 14.5. The summed E-state index contributed by atoms with van der Waals surface area (Å²) in [6.45, 7) is 5.77. The van der Waals surface area contributed by atoms with E-state index in [1.165, 1.54) is 0 Å². The van der Waals surface area contributed by atoms with Gasteiger partial charge in [0.15, 0.2) is 11.6 Å². The molecular weight excluding hydrogens is 308 g/mol. The van der Waals surface area contributed by atoms with E-state index in [9.17, 15) is 0 Å². The molecule has 0 radical (unpaired) electrons. The lowest BCUT2D eigenvalue weighted by Crippen LogP contribution is -2.40. The van der Waals surface area contributed by atoms with Crippen molar-refractivity contribution in [3.63, 3.8) is 0 Å². The molecule has 0 amide bonds. The third-order valence-corrected chi connectivity index (χ3v) is 3.42. The molecule has 0 aliphatic carbocycles. The summed E-state index contributed by atoms with van der Waals surface area (Å²) in [6, 6.07) is 0. The summed E-state index contributed by atoms with van der Waals surface area (Å²) >= 11 is 0. The summed E-state index contributed by atoms with van der Waals surface area (Å²) in [5.74, 6) is 1.57. The lowest BCUT2D eigenvalue weighted by molar-refractivity contribution is 0.145. The Bertz CT molecular complexity index is 654. The highest BCUT2D eigenvalue weighted by Gasteiger charge is 2.06. The van der Waals surface area contributed by atoms with E-state index in [4.69, 9.17) is 4.74 Å². The molecule has 2 heterocycles. The molecule has 9 nitrogen and oxygen atoms in total. The van der Waals surface area contributed by atoms with Gasteiger partial charge in [-0.05, 0) is 13.3 Å². The molecule has 0 aromatic carbocycles. The average molecular weight is 334 g/mol. The first-order valence-electron chi connectivity index (χ1n) is 8.15. The topological polar surface area (TPSA) is 101 Å². The molecule has 0 aliphatic heterocycles. The van der Waals surface area contributed by atoms with Crippen LogP contribution in [0.1, 0.15) is 13.3 Å². The zero-order valence-electron chi connectivity index (χ0n) is 14.5. The Hall–Kier alpha value is -2.42. The van der Waals surface area contributed by atoms with E-state index in [2.05, 4.69) is 36.0 Å². The van der Waals surface area contributed by atoms with Crippen LogP contribution >= 0.6 is 0 Å². The maximum atomic E-state index is 5.30. The van der Waals surface area contributed by atoms with Crippen molar-refractivity contribution < 1.29 is 4.74 Å². The summed E-state index contributed by atoms with van der Waals surface area (Å²) in [4.78, 5) is 12.7. The van der Waals surface area contributed by atoms with Crippen LogP contribution in [0.15, 0.2) is 17.5 Å². The third-order valence-electron chi connectivity index (χ3n) is 3.42. The number of aliphatic imine (C=N–C) groups is 1. The van der Waals surface area contributed by atoms with Crippen molar-refractivity contribution in [3.05, 3.63) is 12.5 Å². The Balaban J connectivity index is 1.71. The van der Waals surface area contributed by atoms with Gasteiger partial charge in [0.2, 0.25) is 0 Å². The molecule has 2 aromatic rings. The molecule has 9 heteroatoms. The summed E-state index contributed by atoms with van der Waals surface area (Å²) in [5, 5.41) is 14.9. The van der Waals surface area contributed by atoms with Gasteiger partial charge in [0.1, 0.15) is 12.1 Å². The van der Waals surface area contributed by atoms with E-state index >= 15 is 0 Å². The fourth-order valence-corrected chi connectivity index (χ4v) is 2.21. The SMILES string of the molecule is CCOCCCNC(=NC)NCCNc1ncnc2c1cnn2C. The van der Waals surface area contributed by atoms with E-state index in [1.54, 1.807) is 24.3 Å². The van der Waals surface area contributed by atoms with Crippen LogP contribution in [0.3, 0.4) is 0 Å². The molecule has 0 spiro atoms. The van der Waals surface area contributed by atoms with E-state index in [1.807, 2.05) is 14.0 Å². The first-order chi connectivity index (χ1) is 11.8. The Labute approximate surface area is 141 Å². The molecule has 24 heavy (non-hydrogen) atoms. The Kier molecular flexibility index (Phi) is 7.21. The number of nitrogens with zero attached hydrogens (tertiary/aromatic N) is 5. The standard InChI is InChI=1S/C15H26N8O/c1-4-24-9-5-6-18-15(16-2)19-8-7-17-13-12-10-22-23(3)14(12)21-11-20-13/h10-11H,4-9H2,1-3H3,(H2,16,18,19)(H,17,20,21). The Morgan fingerprint density at radius 2 is 2.08 bits per heavy atom. The van der Waals surface area contributed by atoms with Gasteiger partial charge >= 0.3 is 0 Å². The number of ether oxygens (including phenoxy) is 1. The van der Waals surface area contributed by atoms with Gasteiger partial charge in [-0.2, -0.15) is 5.10 Å². The molecule has 2 rings (SSSR count). The lowest BCUT2D eigenvalue weighted by atomic mass is 10.4. The highest BCUT2D eigenvalue weighted by atomic mass is 16.5. The summed E-state index contributed by atoms with van der Waals surface area (Å²) in [7, 11) is 3.62. The Morgan fingerprint density at radius 1 is 1.25 bits per heavy atom. The van der Waals surface area contributed by atoms with Crippen LogP contribution in [0.25, 0.3) is 11.0 Å². The van der Waals surface area contributed by atoms with E-state index in [-0.39, 0.29) is 0 Å². The number of hydrogen-bond donors (Lipinski definition) is 3. The van der Waals surface area contributed by atoms with Crippen molar-refractivity contribution in [2.24, 2.45) is 12.0 Å². The predicted molar refractivity (Wildman–Crippen MR) is 95.3 cm³/mol. The highest BCUT2D eigenvalue weighted by Crippen LogP contribution is 2.16. The molecule has 0 saturated heterocycles. The zero-order chi connectivity index (χ0) is 17.2. The number of guanidine groups is 1. The van der Waals surface area contributed by atoms with Crippen LogP contribution in [0.5, 0.6) is 0 Å². The molecule has 0 saturated carbocycles. The van der Waals surface area contributed by atoms with Crippen molar-refractivity contribution in [2.75, 3.05) is 45.2 Å². The van der Waals surface area contributed by atoms with Crippen LogP contribution in [-0.2, 0) is 11.8 Å². The van der Waals surface area contributed by atoms with Gasteiger partial charge in [-0.15, -0.1) is 0 Å². The normalized spacial score (nSPS) is 11.7. The number of fused-ring (bicyclic) bond motifs is 1. The molecule has 0 fully saturated rings. The number of rotatable bonds is 9. The van der Waals surface area contributed by atoms with Gasteiger partial charge < -0.3 is 20.7 Å². The predicted octanol–water partition coefficient (Wildman–Crippen LogP) is 0.367. The monoisotopic (exact) mass is 334 g/mol. The van der Waals surface area contributed by atoms with Gasteiger partial charge in [0.05, 0.1) is 11.6 Å². The summed E-state index contributed by atoms with van der Waals surface area (Å²) in [6.07, 6.45) is 4.26. The molecule has 0 atom stereocenters. The average Bonchev–Trinajstić information content (AvgIpc) is 2.98. The molecular formula is C15H26N8O. The fraction of sp³-hybridized carbons (Fsp3) is 0.600. The second-order valence-corrected chi connectivity index (χ2v) is 5.13. The molecule has 0 aliphatic rings. The van der Waals surface area contributed by atoms with Crippen molar-refractivity contribution >= 4 is 22.8 Å². The number of nitrogens with one attached hydrogen (secondary N) is 3. The van der Waals surface area contributed by atoms with Crippen LogP contribution in [-0.4, -0.2) is 65.6 Å². The van der Waals surface area contributed by atoms with Crippen molar-refractivity contribution in [1.29, 1.82) is 0 Å². The lowest BCUT2D eigenvalue weighted by Gasteiger charge is -2.12. The van der Waals surface area contributed by atoms with Crippen molar-refractivity contribution in [2.45, 2.75) is 13.3 Å². The van der Waals surface area contributed by atoms with Crippen LogP contribution < -0.4 is 16.0 Å². The van der Waals surface area contributed by atoms with Gasteiger partial charge in [-0.25, -0.2) is 9.97 Å². The number of aromatic nitrogens is 4. The minimum absolute atomic E-state index is 0.709. The largest absolute Gasteiger partial charge is 0.382 e. The minimum atomic E-state index is 0.709. The van der Waals surface area contributed by atoms with Gasteiger partial charge in [0.25, 0.3) is 0 Å². The van der Waals surface area contributed by atoms with E-state index < -0.39 is 0 Å². The van der Waals surface area contributed by atoms with Gasteiger partial charge in [0, 0.05) is 46.9 Å². The maximum absolute atomic E-state index is 5.30. The van der Waals surface area contributed by atoms with Crippen molar-refractivity contribution in [3.8, 4) is 0 Å². The molecule has 0 bridgehead atoms. The second-order valence-electron chi connectivity index (χ2n) is 5.13. The van der Waals surface area contributed by atoms with Crippen molar-refractivity contribution in [1.82, 2.24) is 30.4 Å². The van der Waals surface area contributed by atoms with Gasteiger partial charge in [-0.1, -0.05) is 0 Å². The molecule has 3 N–H and O–H groups in total. The number of anilines is 1. The van der Waals surface area contributed by atoms with E-state index in [0.29, 0.717) is 6.54 Å². The Morgan fingerprint density at radius 3 is 2.88 bits per heavy atom. The van der Waals surface area contributed by atoms with Crippen LogP contribution in [0, 0.1) is 0 Å². The molecule has 2 aromatic heterocycles. The second kappa shape index (κ2) is 9.66. The summed E-state index contributed by atoms with van der Waals surface area (Å²) < 4.78 is 7.03. The molecule has 0 unspecified atom stereocenters. The number of aryl methyl sites for hydroxylation is 1. The first-order valence-corrected chi connectivity index (χ1v) is 8.15. The third kappa shape index (κ3) is 5.05. The highest BCUT2D eigenvalue weighted by molar-refractivity contribution is 5.86. The quantitative estimate of drug-likeness (QED) is 0.346. The molecule has 132 valence electrons. The van der Waals surface area contributed by atoms with Crippen LogP contribution in [0.4, 0.5) is 5.82 Å². The van der Waals surface area contributed by atoms with Crippen LogP contribution in [0.2, 0.25) is 0 Å². The van der Waals surface area contributed by atoms with E-state index in [0.717, 1.165) is 55.5 Å². The first kappa shape index (κ1) is 17.9. The maximum Gasteiger partial charge on any atom is 0.191 e. The minimum Gasteiger partial charge on any atom is -0.382 e. The summed E-state index contributed by atoms with van der Waals surface area (Å²) in [5.41, 5.74) is 0.812. The van der Waals surface area contributed by atoms with Gasteiger partial charge in [-0.3, -0.25) is 9.67 Å². The number of hydrogen-bond acceptors (Lipinski definition) is 6. The fourth-order valence-electron chi connectivity index (χ4n) is 2.21.